The molecule has 0 atom stereocenters. The predicted molar refractivity (Wildman–Crippen MR) is 108 cm³/mol. The van der Waals surface area contributed by atoms with Gasteiger partial charge in [-0.1, -0.05) is 18.2 Å². The van der Waals surface area contributed by atoms with Crippen LogP contribution in [0.5, 0.6) is 0 Å². The first-order valence-corrected chi connectivity index (χ1v) is 10.3. The molecule has 0 saturated heterocycles. The minimum absolute atomic E-state index is 0.0371. The molecule has 0 saturated carbocycles. The van der Waals surface area contributed by atoms with Crippen LogP contribution in [0.15, 0.2) is 58.4 Å². The van der Waals surface area contributed by atoms with Gasteiger partial charge in [-0.2, -0.15) is 0 Å². The third-order valence-electron chi connectivity index (χ3n) is 3.70. The number of hydrogen-bond acceptors (Lipinski definition) is 5. The van der Waals surface area contributed by atoms with E-state index in [0.29, 0.717) is 18.1 Å². The molecule has 3 N–H and O–H groups in total. The van der Waals surface area contributed by atoms with E-state index in [0.717, 1.165) is 6.07 Å². The van der Waals surface area contributed by atoms with E-state index in [1.807, 2.05) is 6.92 Å². The van der Waals surface area contributed by atoms with Crippen molar-refractivity contribution in [2.45, 2.75) is 18.4 Å². The monoisotopic (exact) mass is 423 g/mol. The predicted octanol–water partition coefficient (Wildman–Crippen LogP) is 1.77. The van der Waals surface area contributed by atoms with E-state index in [1.165, 1.54) is 30.3 Å². The lowest BCUT2D eigenvalue weighted by molar-refractivity contribution is -0.385. The van der Waals surface area contributed by atoms with Crippen LogP contribution in [-0.2, 0) is 16.6 Å². The third-order valence-corrected chi connectivity index (χ3v) is 5.16. The summed E-state index contributed by atoms with van der Waals surface area (Å²) in [4.78, 5) is 14.3. The van der Waals surface area contributed by atoms with Crippen LogP contribution < -0.4 is 15.4 Å². The molecule has 0 amide bonds. The molecule has 2 rings (SSSR count). The maximum absolute atomic E-state index is 13.2. The lowest BCUT2D eigenvalue weighted by atomic mass is 10.2. The summed E-state index contributed by atoms with van der Waals surface area (Å²) < 4.78 is 40.2. The number of sulfonamides is 1. The van der Waals surface area contributed by atoms with Crippen molar-refractivity contribution in [1.29, 1.82) is 0 Å². The van der Waals surface area contributed by atoms with Crippen molar-refractivity contribution in [3.63, 3.8) is 0 Å². The van der Waals surface area contributed by atoms with Crippen LogP contribution in [0.1, 0.15) is 12.5 Å². The van der Waals surface area contributed by atoms with Gasteiger partial charge in [0, 0.05) is 31.8 Å². The van der Waals surface area contributed by atoms with E-state index in [2.05, 4.69) is 20.3 Å². The van der Waals surface area contributed by atoms with Gasteiger partial charge in [0.25, 0.3) is 5.69 Å². The lowest BCUT2D eigenvalue weighted by Crippen LogP contribution is -2.41. The van der Waals surface area contributed by atoms with Crippen LogP contribution in [0.25, 0.3) is 0 Å². The summed E-state index contributed by atoms with van der Waals surface area (Å²) in [7, 11) is -3.88. The van der Waals surface area contributed by atoms with E-state index in [9.17, 15) is 22.9 Å². The summed E-state index contributed by atoms with van der Waals surface area (Å²) in [5, 5.41) is 16.8. The van der Waals surface area contributed by atoms with Crippen molar-refractivity contribution in [2.75, 3.05) is 19.6 Å². The van der Waals surface area contributed by atoms with Crippen LogP contribution >= 0.6 is 0 Å². The number of hydrogen-bond donors (Lipinski definition) is 3. The number of nitro benzene ring substituents is 1. The average Bonchev–Trinajstić information content (AvgIpc) is 2.69. The van der Waals surface area contributed by atoms with E-state index >= 15 is 0 Å². The molecule has 0 radical (unpaired) electrons. The molecule has 0 aliphatic heterocycles. The first-order chi connectivity index (χ1) is 13.8. The normalized spacial score (nSPS) is 11.9. The molecule has 0 aliphatic rings. The number of non-ortho nitro benzene ring substituents is 1. The molecule has 11 heteroatoms. The Kier molecular flexibility index (Phi) is 8.04. The topological polar surface area (TPSA) is 126 Å². The zero-order valence-corrected chi connectivity index (χ0v) is 16.6. The van der Waals surface area contributed by atoms with Crippen LogP contribution in [0.2, 0.25) is 0 Å². The van der Waals surface area contributed by atoms with E-state index in [4.69, 9.17) is 0 Å². The fraction of sp³-hybridized carbons (Fsp3) is 0.278. The highest BCUT2D eigenvalue weighted by molar-refractivity contribution is 7.89. The van der Waals surface area contributed by atoms with E-state index < -0.39 is 14.9 Å². The number of nitrogens with zero attached hydrogens (tertiary/aromatic N) is 2. The number of aliphatic imine (C=N–C) groups is 1. The minimum atomic E-state index is -3.88. The maximum Gasteiger partial charge on any atom is 0.270 e. The zero-order chi connectivity index (χ0) is 21.3. The molecule has 0 spiro atoms. The summed E-state index contributed by atoms with van der Waals surface area (Å²) in [6, 6.07) is 10.9. The average molecular weight is 423 g/mol. The summed E-state index contributed by atoms with van der Waals surface area (Å²) >= 11 is 0. The van der Waals surface area contributed by atoms with Crippen LogP contribution in [-0.4, -0.2) is 38.9 Å². The van der Waals surface area contributed by atoms with Crippen molar-refractivity contribution in [3.8, 4) is 0 Å². The SMILES string of the molecule is CCNC(=NCc1cccc(F)c1)NCCNS(=O)(=O)c1cccc([N+](=O)[O-])c1. The Balaban J connectivity index is 1.91. The third kappa shape index (κ3) is 7.12. The van der Waals surface area contributed by atoms with Crippen LogP contribution in [0.3, 0.4) is 0 Å². The standard InChI is InChI=1S/C18H22FN5O4S/c1-2-20-18(22-13-14-5-3-6-15(19)11-14)21-9-10-23-29(27,28)17-8-4-7-16(12-17)24(25)26/h3-8,11-12,23H,2,9-10,13H2,1H3,(H2,20,21,22). The Bertz CT molecular complexity index is 982. The Morgan fingerprint density at radius 1 is 1.14 bits per heavy atom. The highest BCUT2D eigenvalue weighted by Crippen LogP contribution is 2.16. The Labute approximate surface area is 168 Å². The maximum atomic E-state index is 13.2. The van der Waals surface area contributed by atoms with Gasteiger partial charge in [-0.05, 0) is 30.7 Å². The molecule has 156 valence electrons. The van der Waals surface area contributed by atoms with Gasteiger partial charge in [-0.3, -0.25) is 10.1 Å². The summed E-state index contributed by atoms with van der Waals surface area (Å²) in [6.45, 7) is 2.99. The van der Waals surface area contributed by atoms with Crippen molar-refractivity contribution >= 4 is 21.7 Å². The second kappa shape index (κ2) is 10.5. The second-order valence-electron chi connectivity index (χ2n) is 5.90. The molecule has 0 fully saturated rings. The number of nitrogens with one attached hydrogen (secondary N) is 3. The first kappa shape index (κ1) is 22.2. The highest BCUT2D eigenvalue weighted by atomic mass is 32.2. The first-order valence-electron chi connectivity index (χ1n) is 8.82. The molecule has 0 aliphatic carbocycles. The zero-order valence-electron chi connectivity index (χ0n) is 15.8. The number of halogens is 1. The molecule has 0 heterocycles. The number of guanidine groups is 1. The Morgan fingerprint density at radius 3 is 2.59 bits per heavy atom. The molecule has 29 heavy (non-hydrogen) atoms. The van der Waals surface area contributed by atoms with E-state index in [-0.39, 0.29) is 36.0 Å². The molecule has 0 aromatic heterocycles. The van der Waals surface area contributed by atoms with Crippen molar-refractivity contribution in [1.82, 2.24) is 15.4 Å². The molecule has 0 unspecified atom stereocenters. The number of nitro groups is 1. The van der Waals surface area contributed by atoms with Gasteiger partial charge in [0.15, 0.2) is 5.96 Å². The van der Waals surface area contributed by atoms with Crippen molar-refractivity contribution < 1.29 is 17.7 Å². The Morgan fingerprint density at radius 2 is 1.90 bits per heavy atom. The van der Waals surface area contributed by atoms with Gasteiger partial charge in [0.1, 0.15) is 5.82 Å². The Hall–Kier alpha value is -3.05. The molecule has 0 bridgehead atoms. The summed E-state index contributed by atoms with van der Waals surface area (Å²) in [5.74, 6) is 0.109. The fourth-order valence-electron chi connectivity index (χ4n) is 2.36. The summed E-state index contributed by atoms with van der Waals surface area (Å²) in [6.07, 6.45) is 0. The van der Waals surface area contributed by atoms with Gasteiger partial charge in [-0.25, -0.2) is 22.5 Å². The largest absolute Gasteiger partial charge is 0.357 e. The fourth-order valence-corrected chi connectivity index (χ4v) is 3.43. The van der Waals surface area contributed by atoms with Gasteiger partial charge < -0.3 is 10.6 Å². The molecule has 9 nitrogen and oxygen atoms in total. The lowest BCUT2D eigenvalue weighted by Gasteiger charge is -2.12. The van der Waals surface area contributed by atoms with Crippen molar-refractivity contribution in [2.24, 2.45) is 4.99 Å². The molecular formula is C18H22FN5O4S. The summed E-state index contributed by atoms with van der Waals surface area (Å²) in [5.41, 5.74) is 0.401. The number of benzene rings is 2. The van der Waals surface area contributed by atoms with Gasteiger partial charge >= 0.3 is 0 Å². The number of rotatable bonds is 9. The highest BCUT2D eigenvalue weighted by Gasteiger charge is 2.17. The van der Waals surface area contributed by atoms with Crippen LogP contribution in [0, 0.1) is 15.9 Å². The van der Waals surface area contributed by atoms with Crippen LogP contribution in [0.4, 0.5) is 10.1 Å². The van der Waals surface area contributed by atoms with E-state index in [1.54, 1.807) is 12.1 Å². The molecular weight excluding hydrogens is 401 g/mol. The second-order valence-corrected chi connectivity index (χ2v) is 7.67. The smallest absolute Gasteiger partial charge is 0.270 e. The van der Waals surface area contributed by atoms with Crippen molar-refractivity contribution in [3.05, 3.63) is 70.0 Å². The van der Waals surface area contributed by atoms with Gasteiger partial charge in [0.2, 0.25) is 10.0 Å². The van der Waals surface area contributed by atoms with Gasteiger partial charge in [-0.15, -0.1) is 0 Å². The minimum Gasteiger partial charge on any atom is -0.357 e. The van der Waals surface area contributed by atoms with Gasteiger partial charge in [0.05, 0.1) is 16.4 Å². The molecule has 2 aromatic carbocycles. The quantitative estimate of drug-likeness (QED) is 0.186. The molecule has 2 aromatic rings.